The van der Waals surface area contributed by atoms with Crippen LogP contribution in [0.5, 0.6) is 0 Å². The van der Waals surface area contributed by atoms with Crippen molar-refractivity contribution in [3.63, 3.8) is 0 Å². The number of cyclic esters (lactones) is 1. The van der Waals surface area contributed by atoms with Crippen LogP contribution in [0.15, 0.2) is 11.6 Å². The number of esters is 1. The van der Waals surface area contributed by atoms with Crippen LogP contribution in [-0.4, -0.2) is 119 Å². The Bertz CT molecular complexity index is 1320. The molecule has 8 atom stereocenters. The van der Waals surface area contributed by atoms with E-state index < -0.39 is 24.2 Å². The normalized spacial score (nSPS) is 22.8. The van der Waals surface area contributed by atoms with Gasteiger partial charge >= 0.3 is 5.97 Å². The van der Waals surface area contributed by atoms with E-state index in [0.717, 1.165) is 121 Å². The summed E-state index contributed by atoms with van der Waals surface area (Å²) in [5.74, 6) is -0.113. The molecule has 0 aliphatic carbocycles. The van der Waals surface area contributed by atoms with Crippen LogP contribution in [0.3, 0.4) is 0 Å². The summed E-state index contributed by atoms with van der Waals surface area (Å²) < 4.78 is 56.5. The van der Waals surface area contributed by atoms with E-state index in [1.807, 2.05) is 13.0 Å². The monoisotopic (exact) mass is 1010 g/mol. The lowest BCUT2D eigenvalue weighted by Crippen LogP contribution is -2.35. The van der Waals surface area contributed by atoms with Crippen LogP contribution in [0.2, 0.25) is 77.1 Å². The molecule has 0 spiro atoms. The van der Waals surface area contributed by atoms with Crippen molar-refractivity contribution in [2.75, 3.05) is 40.2 Å². The highest BCUT2D eigenvalue weighted by Crippen LogP contribution is 2.36. The number of unbranched alkanes of at least 4 members (excludes halogenated alkanes) is 12. The number of hydrogen-bond acceptors (Lipinski definition) is 10. The predicted octanol–water partition coefficient (Wildman–Crippen LogP) is 14.9. The molecule has 0 aromatic rings. The van der Waals surface area contributed by atoms with Crippen molar-refractivity contribution in [2.24, 2.45) is 0 Å². The summed E-state index contributed by atoms with van der Waals surface area (Å²) in [4.78, 5) is 11.8. The minimum Gasteiger partial charge on any atom is -0.455 e. The molecule has 0 bridgehead atoms. The fourth-order valence-electron chi connectivity index (χ4n) is 9.49. The third kappa shape index (κ3) is 29.9. The molecule has 13 heteroatoms. The van der Waals surface area contributed by atoms with Crippen LogP contribution in [0.25, 0.3) is 0 Å². The summed E-state index contributed by atoms with van der Waals surface area (Å²) >= 11 is 0. The molecule has 0 radical (unpaired) electrons. The largest absolute Gasteiger partial charge is 0.455 e. The van der Waals surface area contributed by atoms with Crippen LogP contribution in [-0.2, 0) is 47.4 Å². The molecule has 3 rings (SSSR count). The third-order valence-electron chi connectivity index (χ3n) is 14.1. The van der Waals surface area contributed by atoms with Gasteiger partial charge in [-0.3, -0.25) is 0 Å². The van der Waals surface area contributed by atoms with Crippen molar-refractivity contribution in [2.45, 2.75) is 294 Å². The highest BCUT2D eigenvalue weighted by atomic mass is 28.3. The molecule has 3 aliphatic rings. The van der Waals surface area contributed by atoms with Crippen molar-refractivity contribution < 1.29 is 47.4 Å². The van der Waals surface area contributed by atoms with Gasteiger partial charge in [-0.25, -0.2) is 4.79 Å². The molecule has 68 heavy (non-hydrogen) atoms. The lowest BCUT2D eigenvalue weighted by Gasteiger charge is -2.28. The van der Waals surface area contributed by atoms with Gasteiger partial charge in [-0.1, -0.05) is 156 Å². The second-order valence-electron chi connectivity index (χ2n) is 24.4. The molecule has 0 saturated carbocycles. The fraction of sp³-hybridized carbons (Fsp3) is 0.945. The molecule has 0 N–H and O–H groups in total. The summed E-state index contributed by atoms with van der Waals surface area (Å²) in [5.41, 5.74) is 0.875. The van der Waals surface area contributed by atoms with Gasteiger partial charge in [0.05, 0.1) is 42.7 Å². The lowest BCUT2D eigenvalue weighted by atomic mass is 9.99. The minimum absolute atomic E-state index is 0.00947. The maximum absolute atomic E-state index is 11.8. The van der Waals surface area contributed by atoms with Crippen LogP contribution in [0, 0.1) is 0 Å². The van der Waals surface area contributed by atoms with Gasteiger partial charge in [0.25, 0.3) is 0 Å². The standard InChI is InChI=1S/C55H108O10Si3/c1-12-13-22-28-48(60-43-57-36-39-66(3,4)5)29-25-26-31-50(62-45-59-38-41-68(9,10)11)52-33-35-54(65-52)53-34-32-51(64-53)49(61-44-58-37-40-67(6,7)8)30-24-21-19-17-15-14-16-18-20-23-27-47-42-46(2)63-55(47)56/h42,46,48-54H,12-41,43-45H2,1-11H3/t46-,48-,49+,50+,51+,52+,53+,54+/m0/s1. The second kappa shape index (κ2) is 34.9. The van der Waals surface area contributed by atoms with Gasteiger partial charge in [0.15, 0.2) is 0 Å². The molecule has 400 valence electrons. The Labute approximate surface area is 421 Å². The first-order chi connectivity index (χ1) is 32.4. The van der Waals surface area contributed by atoms with Crippen molar-refractivity contribution in [1.82, 2.24) is 0 Å². The Morgan fingerprint density at radius 2 is 0.926 bits per heavy atom. The van der Waals surface area contributed by atoms with Crippen LogP contribution in [0.1, 0.15) is 168 Å². The van der Waals surface area contributed by atoms with Gasteiger partial charge in [0, 0.05) is 49.6 Å². The van der Waals surface area contributed by atoms with E-state index in [9.17, 15) is 4.79 Å². The lowest BCUT2D eigenvalue weighted by molar-refractivity contribution is -0.163. The van der Waals surface area contributed by atoms with Crippen LogP contribution in [0.4, 0.5) is 0 Å². The summed E-state index contributed by atoms with van der Waals surface area (Å²) in [5, 5.41) is 0. The van der Waals surface area contributed by atoms with Gasteiger partial charge < -0.3 is 42.6 Å². The SMILES string of the molecule is CCCCC[C@@H](CCCC[C@@H](OCOCC[Si](C)(C)C)[C@H]1CC[C@H]([C@H]2CC[C@H]([C@@H](CCCCCCCCCCCCC3=C[C@H](C)OC3=O)OCOCC[Si](C)(C)C)O2)O1)OCOCC[Si](C)(C)C. The molecule has 0 unspecified atom stereocenters. The zero-order valence-corrected chi connectivity index (χ0v) is 49.1. The summed E-state index contributed by atoms with van der Waals surface area (Å²) in [6.45, 7) is 29.2. The summed E-state index contributed by atoms with van der Waals surface area (Å²) in [6, 6.07) is 3.46. The molecule has 0 aromatic heterocycles. The van der Waals surface area contributed by atoms with Crippen molar-refractivity contribution in [3.8, 4) is 0 Å². The summed E-state index contributed by atoms with van der Waals surface area (Å²) in [6.07, 6.45) is 29.8. The third-order valence-corrected chi connectivity index (χ3v) is 19.2. The number of carbonyl (C=O) groups is 1. The van der Waals surface area contributed by atoms with Gasteiger partial charge in [0.2, 0.25) is 0 Å². The molecule has 3 heterocycles. The van der Waals surface area contributed by atoms with Crippen molar-refractivity contribution in [3.05, 3.63) is 11.6 Å². The molecule has 0 amide bonds. The van der Waals surface area contributed by atoms with Crippen LogP contribution >= 0.6 is 0 Å². The van der Waals surface area contributed by atoms with Crippen LogP contribution < -0.4 is 0 Å². The number of carbonyl (C=O) groups excluding carboxylic acids is 1. The maximum Gasteiger partial charge on any atom is 0.334 e. The fourth-order valence-corrected chi connectivity index (χ4v) is 11.8. The van der Waals surface area contributed by atoms with E-state index in [2.05, 4.69) is 65.8 Å². The topological polar surface area (TPSA) is 100 Å². The average Bonchev–Trinajstić information content (AvgIpc) is 4.02. The highest BCUT2D eigenvalue weighted by Gasteiger charge is 2.42. The molecule has 0 aromatic carbocycles. The Morgan fingerprint density at radius 1 is 0.529 bits per heavy atom. The maximum atomic E-state index is 11.8. The van der Waals surface area contributed by atoms with Crippen molar-refractivity contribution >= 4 is 30.2 Å². The Kier molecular flexibility index (Phi) is 31.7. The van der Waals surface area contributed by atoms with E-state index in [1.54, 1.807) is 0 Å². The summed E-state index contributed by atoms with van der Waals surface area (Å²) in [7, 11) is -3.46. The molecule has 2 saturated heterocycles. The smallest absolute Gasteiger partial charge is 0.334 e. The van der Waals surface area contributed by atoms with Gasteiger partial charge in [-0.15, -0.1) is 0 Å². The van der Waals surface area contributed by atoms with E-state index in [1.165, 1.54) is 76.7 Å². The first-order valence-corrected chi connectivity index (χ1v) is 39.3. The average molecular weight is 1010 g/mol. The minimum atomic E-state index is -1.18. The second-order valence-corrected chi connectivity index (χ2v) is 41.3. The molecule has 3 aliphatic heterocycles. The molecular weight excluding hydrogens is 905 g/mol. The van der Waals surface area contributed by atoms with E-state index in [0.29, 0.717) is 20.4 Å². The predicted molar refractivity (Wildman–Crippen MR) is 289 cm³/mol. The first-order valence-electron chi connectivity index (χ1n) is 28.2. The molecular formula is C55H108O10Si3. The molecule has 10 nitrogen and oxygen atoms in total. The first kappa shape index (κ1) is 61.8. The quantitative estimate of drug-likeness (QED) is 0.0254. The molecule has 2 fully saturated rings. The van der Waals surface area contributed by atoms with Gasteiger partial charge in [-0.2, -0.15) is 0 Å². The number of ether oxygens (including phenoxy) is 9. The van der Waals surface area contributed by atoms with E-state index in [-0.39, 0.29) is 54.8 Å². The van der Waals surface area contributed by atoms with E-state index in [4.69, 9.17) is 42.6 Å². The van der Waals surface area contributed by atoms with Crippen molar-refractivity contribution in [1.29, 1.82) is 0 Å². The zero-order valence-electron chi connectivity index (χ0n) is 46.1. The zero-order chi connectivity index (χ0) is 49.7. The van der Waals surface area contributed by atoms with E-state index >= 15 is 0 Å². The number of rotatable bonds is 43. The Morgan fingerprint density at radius 3 is 1.35 bits per heavy atom. The highest BCUT2D eigenvalue weighted by molar-refractivity contribution is 6.76. The van der Waals surface area contributed by atoms with Gasteiger partial charge in [-0.05, 0) is 95.3 Å². The Balaban J connectivity index is 1.45. The number of hydrogen-bond donors (Lipinski definition) is 0. The Hall–Kier alpha value is -0.459. The van der Waals surface area contributed by atoms with Gasteiger partial charge in [0.1, 0.15) is 26.5 Å².